The van der Waals surface area contributed by atoms with E-state index in [0.29, 0.717) is 18.4 Å². The number of rotatable bonds is 4. The average molecular weight is 343 g/mol. The third-order valence-electron chi connectivity index (χ3n) is 3.85. The van der Waals surface area contributed by atoms with E-state index in [2.05, 4.69) is 5.32 Å². The van der Waals surface area contributed by atoms with Crippen molar-refractivity contribution in [3.8, 4) is 5.75 Å². The van der Waals surface area contributed by atoms with Crippen LogP contribution in [0.1, 0.15) is 6.42 Å². The molecule has 0 aliphatic carbocycles. The summed E-state index contributed by atoms with van der Waals surface area (Å²) in [7, 11) is 0. The summed E-state index contributed by atoms with van der Waals surface area (Å²) in [4.78, 5) is 0. The average Bonchev–Trinajstić information content (AvgIpc) is 2.78. The fourth-order valence-corrected chi connectivity index (χ4v) is 5.17. The molecule has 22 heavy (non-hydrogen) atoms. The summed E-state index contributed by atoms with van der Waals surface area (Å²) in [5.41, 5.74) is 0. The van der Waals surface area contributed by atoms with Gasteiger partial charge >= 0.3 is 0 Å². The number of hydrogen-bond donors (Lipinski definition) is 1. The molecule has 0 bridgehead atoms. The Balaban J connectivity index is 1.60. The lowest BCUT2D eigenvalue weighted by Crippen LogP contribution is -2.53. The third-order valence-corrected chi connectivity index (χ3v) is 6.37. The van der Waals surface area contributed by atoms with Crippen LogP contribution in [0.25, 0.3) is 0 Å². The number of nitrogens with one attached hydrogen (secondary N) is 1. The van der Waals surface area contributed by atoms with Crippen LogP contribution in [0.5, 0.6) is 5.75 Å². The summed E-state index contributed by atoms with van der Waals surface area (Å²) in [6, 6.07) is 7.12. The van der Waals surface area contributed by atoms with Crippen LogP contribution in [0.4, 0.5) is 4.39 Å². The Kier molecular flexibility index (Phi) is 6.30. The van der Waals surface area contributed by atoms with Crippen LogP contribution in [-0.2, 0) is 4.74 Å². The molecule has 1 aromatic rings. The van der Waals surface area contributed by atoms with Gasteiger partial charge in [0, 0.05) is 47.8 Å². The highest BCUT2D eigenvalue weighted by Gasteiger charge is 2.29. The van der Waals surface area contributed by atoms with Gasteiger partial charge in [-0.25, -0.2) is 4.39 Å². The van der Waals surface area contributed by atoms with E-state index in [1.165, 1.54) is 23.6 Å². The maximum atomic E-state index is 13.3. The van der Waals surface area contributed by atoms with Crippen molar-refractivity contribution in [3.63, 3.8) is 0 Å². The molecule has 2 saturated heterocycles. The van der Waals surface area contributed by atoms with E-state index >= 15 is 0 Å². The molecule has 0 spiro atoms. The van der Waals surface area contributed by atoms with Gasteiger partial charge in [-0.3, -0.25) is 0 Å². The van der Waals surface area contributed by atoms with Crippen LogP contribution >= 0.6 is 23.5 Å². The topological polar surface area (TPSA) is 30.5 Å². The van der Waals surface area contributed by atoms with Gasteiger partial charge in [0.25, 0.3) is 0 Å². The van der Waals surface area contributed by atoms with Gasteiger partial charge in [0.2, 0.25) is 0 Å². The first kappa shape index (κ1) is 16.4. The van der Waals surface area contributed by atoms with E-state index < -0.39 is 0 Å². The lowest BCUT2D eigenvalue weighted by Gasteiger charge is -2.35. The van der Waals surface area contributed by atoms with Gasteiger partial charge < -0.3 is 14.8 Å². The van der Waals surface area contributed by atoms with E-state index in [-0.39, 0.29) is 18.0 Å². The number of thioether (sulfide) groups is 2. The molecule has 1 N–H and O–H groups in total. The molecule has 2 aliphatic heterocycles. The molecule has 2 aliphatic rings. The molecule has 2 heterocycles. The zero-order chi connectivity index (χ0) is 15.2. The summed E-state index contributed by atoms with van der Waals surface area (Å²) >= 11 is 4.03. The quantitative estimate of drug-likeness (QED) is 0.908. The molecule has 2 atom stereocenters. The Morgan fingerprint density at radius 1 is 1.23 bits per heavy atom. The molecule has 3 nitrogen and oxygen atoms in total. The highest BCUT2D eigenvalue weighted by atomic mass is 32.2. The fourth-order valence-electron chi connectivity index (χ4n) is 2.75. The summed E-state index contributed by atoms with van der Waals surface area (Å²) < 4.78 is 24.8. The van der Waals surface area contributed by atoms with Gasteiger partial charge in [0.15, 0.2) is 0 Å². The minimum absolute atomic E-state index is 0.0613. The predicted molar refractivity (Wildman–Crippen MR) is 91.6 cm³/mol. The minimum atomic E-state index is -0.268. The Labute approximate surface area is 139 Å². The van der Waals surface area contributed by atoms with Gasteiger partial charge in [-0.15, -0.1) is 0 Å². The second-order valence-electron chi connectivity index (χ2n) is 5.60. The number of halogens is 1. The normalized spacial score (nSPS) is 27.3. The Bertz CT molecular complexity index is 469. The van der Waals surface area contributed by atoms with Gasteiger partial charge in [0.1, 0.15) is 17.7 Å². The predicted octanol–water partition coefficient (Wildman–Crippen LogP) is 2.80. The Hall–Kier alpha value is -0.430. The third kappa shape index (κ3) is 4.78. The van der Waals surface area contributed by atoms with Crippen molar-refractivity contribution in [3.05, 3.63) is 30.1 Å². The van der Waals surface area contributed by atoms with Crippen molar-refractivity contribution in [1.82, 2.24) is 5.32 Å². The second kappa shape index (κ2) is 8.43. The maximum Gasteiger partial charge on any atom is 0.137 e. The summed E-state index contributed by atoms with van der Waals surface area (Å²) in [6.45, 7) is 1.31. The molecule has 3 rings (SSSR count). The standard InChI is InChI=1S/C16H22FNO2S2/c17-12-2-1-3-14(8-12)20-16-9-19-5-4-15(16)18-13-10-21-6-7-22-11-13/h1-3,8,13,15-16,18H,4-7,9-11H2/t15-,16-/m1/s1. The van der Waals surface area contributed by atoms with Crippen LogP contribution in [-0.4, -0.2) is 54.4 Å². The summed E-state index contributed by atoms with van der Waals surface area (Å²) in [5, 5.41) is 3.74. The molecular formula is C16H22FNO2S2. The highest BCUT2D eigenvalue weighted by Crippen LogP contribution is 2.21. The first-order valence-corrected chi connectivity index (χ1v) is 10.0. The van der Waals surface area contributed by atoms with Crippen molar-refractivity contribution >= 4 is 23.5 Å². The van der Waals surface area contributed by atoms with Crippen LogP contribution in [0.15, 0.2) is 24.3 Å². The van der Waals surface area contributed by atoms with Crippen molar-refractivity contribution in [2.75, 3.05) is 36.2 Å². The van der Waals surface area contributed by atoms with E-state index in [9.17, 15) is 4.39 Å². The first-order valence-electron chi connectivity index (χ1n) is 7.73. The molecule has 0 radical (unpaired) electrons. The zero-order valence-corrected chi connectivity index (χ0v) is 14.1. The number of hydrogen-bond acceptors (Lipinski definition) is 5. The molecule has 0 amide bonds. The van der Waals surface area contributed by atoms with Gasteiger partial charge in [0.05, 0.1) is 6.61 Å². The molecule has 2 fully saturated rings. The van der Waals surface area contributed by atoms with E-state index in [4.69, 9.17) is 9.47 Å². The molecule has 1 aromatic carbocycles. The van der Waals surface area contributed by atoms with Crippen molar-refractivity contribution in [2.45, 2.75) is 24.6 Å². The largest absolute Gasteiger partial charge is 0.486 e. The SMILES string of the molecule is Fc1cccc(O[C@@H]2COCC[C@H]2NC2CSCCSC2)c1. The van der Waals surface area contributed by atoms with E-state index in [1.54, 1.807) is 12.1 Å². The fraction of sp³-hybridized carbons (Fsp3) is 0.625. The smallest absolute Gasteiger partial charge is 0.137 e. The molecule has 0 unspecified atom stereocenters. The van der Waals surface area contributed by atoms with Gasteiger partial charge in [-0.1, -0.05) is 6.07 Å². The Morgan fingerprint density at radius 2 is 2.05 bits per heavy atom. The molecule has 0 aromatic heterocycles. The molecule has 6 heteroatoms. The Morgan fingerprint density at radius 3 is 2.82 bits per heavy atom. The molecular weight excluding hydrogens is 321 g/mol. The number of benzene rings is 1. The molecule has 0 saturated carbocycles. The van der Waals surface area contributed by atoms with E-state index in [0.717, 1.165) is 24.5 Å². The number of ether oxygens (including phenoxy) is 2. The van der Waals surface area contributed by atoms with Crippen molar-refractivity contribution < 1.29 is 13.9 Å². The summed E-state index contributed by atoms with van der Waals surface area (Å²) in [5.74, 6) is 5.08. The second-order valence-corrected chi connectivity index (χ2v) is 7.90. The van der Waals surface area contributed by atoms with Crippen molar-refractivity contribution in [2.24, 2.45) is 0 Å². The zero-order valence-electron chi connectivity index (χ0n) is 12.5. The highest BCUT2D eigenvalue weighted by molar-refractivity contribution is 8.03. The first-order chi connectivity index (χ1) is 10.8. The van der Waals surface area contributed by atoms with Crippen LogP contribution in [0, 0.1) is 5.82 Å². The maximum absolute atomic E-state index is 13.3. The van der Waals surface area contributed by atoms with Crippen molar-refractivity contribution in [1.29, 1.82) is 0 Å². The minimum Gasteiger partial charge on any atom is -0.486 e. The lowest BCUT2D eigenvalue weighted by molar-refractivity contribution is -0.0164. The lowest BCUT2D eigenvalue weighted by atomic mass is 10.0. The van der Waals surface area contributed by atoms with Gasteiger partial charge in [-0.2, -0.15) is 23.5 Å². The van der Waals surface area contributed by atoms with Crippen LogP contribution in [0.2, 0.25) is 0 Å². The summed E-state index contributed by atoms with van der Waals surface area (Å²) in [6.07, 6.45) is 0.875. The monoisotopic (exact) mass is 343 g/mol. The van der Waals surface area contributed by atoms with E-state index in [1.807, 2.05) is 23.5 Å². The van der Waals surface area contributed by atoms with Crippen LogP contribution < -0.4 is 10.1 Å². The van der Waals surface area contributed by atoms with Crippen LogP contribution in [0.3, 0.4) is 0 Å². The van der Waals surface area contributed by atoms with Gasteiger partial charge in [-0.05, 0) is 18.6 Å². The molecule has 122 valence electrons.